The fraction of sp³-hybridized carbons (Fsp3) is 0.375. The molecule has 1 amide bonds. The number of amides is 1. The molecule has 2 aromatic carbocycles. The zero-order valence-electron chi connectivity index (χ0n) is 26.9. The fourth-order valence-corrected chi connectivity index (χ4v) is 7.88. The SMILES string of the molecule is COC(=O)CCCCCNC(=O)COc1ccc(S(=O)(=O)n2c(S(=O)Cc3ncc(C)c(OC)c3C)nc3cc(OC)ccc32)cc1. The number of benzene rings is 2. The maximum Gasteiger partial charge on any atom is 0.305 e. The molecular weight excluding hydrogens is 649 g/mol. The lowest BCUT2D eigenvalue weighted by Gasteiger charge is -2.13. The molecule has 0 aliphatic rings. The van der Waals surface area contributed by atoms with Crippen LogP contribution in [0.4, 0.5) is 0 Å². The Balaban J connectivity index is 1.51. The van der Waals surface area contributed by atoms with Crippen molar-refractivity contribution in [1.82, 2.24) is 19.3 Å². The second-order valence-electron chi connectivity index (χ2n) is 10.6. The average molecular weight is 687 g/mol. The third kappa shape index (κ3) is 8.46. The largest absolute Gasteiger partial charge is 0.497 e. The number of methoxy groups -OCH3 is 3. The number of aromatic nitrogens is 3. The Bertz CT molecular complexity index is 1870. The highest BCUT2D eigenvalue weighted by molar-refractivity contribution is 7.91. The number of carbonyl (C=O) groups is 2. The van der Waals surface area contributed by atoms with Crippen LogP contribution in [0.1, 0.15) is 42.5 Å². The van der Waals surface area contributed by atoms with Gasteiger partial charge in [0.1, 0.15) is 17.2 Å². The molecule has 0 aliphatic carbocycles. The van der Waals surface area contributed by atoms with Gasteiger partial charge in [0.15, 0.2) is 6.61 Å². The second-order valence-corrected chi connectivity index (χ2v) is 13.7. The van der Waals surface area contributed by atoms with Gasteiger partial charge in [-0.25, -0.2) is 17.4 Å². The molecule has 1 atom stereocenters. The lowest BCUT2D eigenvalue weighted by molar-refractivity contribution is -0.140. The number of hydrogen-bond acceptors (Lipinski definition) is 11. The molecule has 1 N–H and O–H groups in total. The van der Waals surface area contributed by atoms with E-state index < -0.39 is 20.8 Å². The summed E-state index contributed by atoms with van der Waals surface area (Å²) in [5.74, 6) is 0.671. The summed E-state index contributed by atoms with van der Waals surface area (Å²) in [5.41, 5.74) is 2.52. The summed E-state index contributed by atoms with van der Waals surface area (Å²) in [6.45, 7) is 3.83. The molecule has 13 nitrogen and oxygen atoms in total. The molecule has 2 heterocycles. The minimum absolute atomic E-state index is 0.0964. The summed E-state index contributed by atoms with van der Waals surface area (Å²) >= 11 is 0. The highest BCUT2D eigenvalue weighted by Gasteiger charge is 2.28. The van der Waals surface area contributed by atoms with Gasteiger partial charge in [-0.1, -0.05) is 6.42 Å². The van der Waals surface area contributed by atoms with Crippen molar-refractivity contribution in [2.45, 2.75) is 55.3 Å². The van der Waals surface area contributed by atoms with Crippen molar-refractivity contribution in [2.75, 3.05) is 34.5 Å². The minimum Gasteiger partial charge on any atom is -0.497 e. The molecule has 0 bridgehead atoms. The summed E-state index contributed by atoms with van der Waals surface area (Å²) in [7, 11) is -1.86. The number of pyridine rings is 1. The van der Waals surface area contributed by atoms with Crippen LogP contribution in [0.25, 0.3) is 11.0 Å². The van der Waals surface area contributed by atoms with E-state index in [2.05, 4.69) is 20.0 Å². The van der Waals surface area contributed by atoms with Gasteiger partial charge >= 0.3 is 5.97 Å². The van der Waals surface area contributed by atoms with E-state index in [1.807, 2.05) is 6.92 Å². The van der Waals surface area contributed by atoms with Crippen molar-refractivity contribution in [3.8, 4) is 17.2 Å². The number of imidazole rings is 1. The lowest BCUT2D eigenvalue weighted by atomic mass is 10.1. The maximum absolute atomic E-state index is 14.1. The van der Waals surface area contributed by atoms with E-state index in [0.717, 1.165) is 16.0 Å². The van der Waals surface area contributed by atoms with Crippen LogP contribution in [-0.4, -0.2) is 72.9 Å². The number of esters is 1. The van der Waals surface area contributed by atoms with Crippen LogP contribution in [0.5, 0.6) is 17.2 Å². The van der Waals surface area contributed by atoms with Crippen LogP contribution in [0, 0.1) is 13.8 Å². The van der Waals surface area contributed by atoms with E-state index >= 15 is 0 Å². The summed E-state index contributed by atoms with van der Waals surface area (Å²) in [5, 5.41) is 2.58. The average Bonchev–Trinajstić information content (AvgIpc) is 3.47. The fourth-order valence-electron chi connectivity index (χ4n) is 4.84. The normalized spacial score (nSPS) is 12.0. The Morgan fingerprint density at radius 1 is 0.957 bits per heavy atom. The highest BCUT2D eigenvalue weighted by Crippen LogP contribution is 2.31. The van der Waals surface area contributed by atoms with Crippen molar-refractivity contribution in [3.63, 3.8) is 0 Å². The first-order valence-electron chi connectivity index (χ1n) is 14.8. The van der Waals surface area contributed by atoms with Gasteiger partial charge < -0.3 is 24.3 Å². The minimum atomic E-state index is -4.30. The van der Waals surface area contributed by atoms with Gasteiger partial charge in [0.05, 0.1) is 59.5 Å². The zero-order valence-corrected chi connectivity index (χ0v) is 28.5. The molecule has 0 aliphatic heterocycles. The lowest BCUT2D eigenvalue weighted by Crippen LogP contribution is -2.29. The van der Waals surface area contributed by atoms with E-state index in [0.29, 0.717) is 48.6 Å². The number of carbonyl (C=O) groups excluding carboxylic acids is 2. The molecule has 1 unspecified atom stereocenters. The van der Waals surface area contributed by atoms with Crippen LogP contribution in [0.2, 0.25) is 0 Å². The van der Waals surface area contributed by atoms with Crippen LogP contribution < -0.4 is 19.5 Å². The van der Waals surface area contributed by atoms with Crippen molar-refractivity contribution >= 4 is 43.7 Å². The molecule has 2 aromatic heterocycles. The molecule has 4 rings (SSSR count). The number of hydrogen-bond donors (Lipinski definition) is 1. The van der Waals surface area contributed by atoms with Gasteiger partial charge in [-0.05, 0) is 63.1 Å². The number of rotatable bonds is 16. The van der Waals surface area contributed by atoms with Gasteiger partial charge in [-0.2, -0.15) is 0 Å². The first-order valence-corrected chi connectivity index (χ1v) is 17.5. The molecule has 0 radical (unpaired) electrons. The molecule has 15 heteroatoms. The third-order valence-corrected chi connectivity index (χ3v) is 10.4. The van der Waals surface area contributed by atoms with E-state index in [1.54, 1.807) is 38.4 Å². The summed E-state index contributed by atoms with van der Waals surface area (Å²) in [4.78, 5) is 32.1. The molecule has 252 valence electrons. The number of nitrogens with zero attached hydrogens (tertiary/aromatic N) is 3. The van der Waals surface area contributed by atoms with Crippen molar-refractivity contribution in [1.29, 1.82) is 0 Å². The Morgan fingerprint density at radius 2 is 1.68 bits per heavy atom. The summed E-state index contributed by atoms with van der Waals surface area (Å²) < 4.78 is 63.9. The first-order chi connectivity index (χ1) is 22.5. The van der Waals surface area contributed by atoms with Gasteiger partial charge in [0.2, 0.25) is 5.16 Å². The second kappa shape index (κ2) is 15.9. The third-order valence-electron chi connectivity index (χ3n) is 7.35. The van der Waals surface area contributed by atoms with Gasteiger partial charge in [-0.15, -0.1) is 0 Å². The number of nitrogens with one attached hydrogen (secondary N) is 1. The predicted molar refractivity (Wildman–Crippen MR) is 175 cm³/mol. The molecular formula is C32H38N4O9S2. The number of fused-ring (bicyclic) bond motifs is 1. The molecule has 0 spiro atoms. The molecule has 0 fully saturated rings. The number of ether oxygens (including phenoxy) is 4. The quantitative estimate of drug-likeness (QED) is 0.135. The molecule has 47 heavy (non-hydrogen) atoms. The standard InChI is InChI=1S/C32H38N4O9S2/c1-21-18-34-27(22(2)31(21)44-5)20-46(39)32-35-26-17-24(42-3)12-15-28(26)36(32)47(40,41)25-13-10-23(11-14-25)45-19-29(37)33-16-8-6-7-9-30(38)43-4/h10-15,17-18H,6-9,16,19-20H2,1-5H3,(H,33,37). The maximum atomic E-state index is 14.1. The first kappa shape index (κ1) is 35.4. The predicted octanol–water partition coefficient (Wildman–Crippen LogP) is 3.84. The molecule has 4 aromatic rings. The number of unbranched alkanes of at least 4 members (excludes halogenated alkanes) is 2. The highest BCUT2D eigenvalue weighted by atomic mass is 32.2. The van der Waals surface area contributed by atoms with Crippen LogP contribution in [0.3, 0.4) is 0 Å². The van der Waals surface area contributed by atoms with Crippen LogP contribution in [-0.2, 0) is 40.9 Å². The number of aryl methyl sites for hydroxylation is 1. The Labute approximate surface area is 276 Å². The van der Waals surface area contributed by atoms with E-state index in [9.17, 15) is 22.2 Å². The molecule has 0 saturated carbocycles. The molecule has 0 saturated heterocycles. The van der Waals surface area contributed by atoms with Gasteiger partial charge in [0.25, 0.3) is 15.9 Å². The summed E-state index contributed by atoms with van der Waals surface area (Å²) in [6, 6.07) is 10.3. The Hall–Kier alpha value is -4.50. The van der Waals surface area contributed by atoms with E-state index in [1.165, 1.54) is 38.5 Å². The van der Waals surface area contributed by atoms with Crippen LogP contribution in [0.15, 0.2) is 58.7 Å². The topological polar surface area (TPSA) is 165 Å². The monoisotopic (exact) mass is 686 g/mol. The van der Waals surface area contributed by atoms with Gasteiger partial charge in [0, 0.05) is 36.4 Å². The van der Waals surface area contributed by atoms with E-state index in [-0.39, 0.29) is 51.1 Å². The van der Waals surface area contributed by atoms with Gasteiger partial charge in [-0.3, -0.25) is 18.8 Å². The van der Waals surface area contributed by atoms with Crippen molar-refractivity contribution in [3.05, 3.63) is 65.5 Å². The van der Waals surface area contributed by atoms with Crippen molar-refractivity contribution in [2.24, 2.45) is 0 Å². The van der Waals surface area contributed by atoms with E-state index in [4.69, 9.17) is 14.2 Å². The Kier molecular flexibility index (Phi) is 11.9. The van der Waals surface area contributed by atoms with Crippen LogP contribution >= 0.6 is 0 Å². The smallest absolute Gasteiger partial charge is 0.305 e. The Morgan fingerprint density at radius 3 is 2.36 bits per heavy atom. The van der Waals surface area contributed by atoms with Crippen molar-refractivity contribution < 1.29 is 41.2 Å². The summed E-state index contributed by atoms with van der Waals surface area (Å²) in [6.07, 6.45) is 4.09. The zero-order chi connectivity index (χ0) is 34.1.